The average molecular weight is 243 g/mol. The van der Waals surface area contributed by atoms with Crippen LogP contribution in [-0.4, -0.2) is 19.8 Å². The maximum atomic E-state index is 5.90. The number of hydrogen-bond acceptors (Lipinski definition) is 3. The second kappa shape index (κ2) is 7.36. The molecule has 0 bridgehead atoms. The van der Waals surface area contributed by atoms with Crippen molar-refractivity contribution >= 4 is 23.0 Å². The number of anilines is 2. The van der Waals surface area contributed by atoms with Gasteiger partial charge in [-0.1, -0.05) is 31.0 Å². The summed E-state index contributed by atoms with van der Waals surface area (Å²) >= 11 is 5.90. The molecule has 0 aromatic heterocycles. The van der Waals surface area contributed by atoms with Crippen LogP contribution in [0.2, 0.25) is 5.02 Å². The molecule has 0 heterocycles. The fourth-order valence-electron chi connectivity index (χ4n) is 1.30. The fraction of sp³-hybridized carbons (Fsp3) is 0.500. The van der Waals surface area contributed by atoms with Gasteiger partial charge in [0.2, 0.25) is 0 Å². The number of nitrogen functional groups attached to an aromatic ring is 1. The Labute approximate surface area is 102 Å². The molecule has 1 rings (SSSR count). The molecule has 0 atom stereocenters. The number of hydrogen-bond donors (Lipinski definition) is 2. The zero-order valence-corrected chi connectivity index (χ0v) is 10.4. The highest BCUT2D eigenvalue weighted by atomic mass is 35.5. The first kappa shape index (κ1) is 13.1. The Morgan fingerprint density at radius 1 is 1.38 bits per heavy atom. The lowest BCUT2D eigenvalue weighted by Crippen LogP contribution is -2.11. The van der Waals surface area contributed by atoms with Gasteiger partial charge in [-0.05, 0) is 18.6 Å². The van der Waals surface area contributed by atoms with E-state index in [4.69, 9.17) is 22.1 Å². The summed E-state index contributed by atoms with van der Waals surface area (Å²) in [6, 6.07) is 5.56. The smallest absolute Gasteiger partial charge is 0.0739 e. The van der Waals surface area contributed by atoms with Crippen LogP contribution in [0.15, 0.2) is 18.2 Å². The lowest BCUT2D eigenvalue weighted by molar-refractivity contribution is 0.141. The van der Waals surface area contributed by atoms with Gasteiger partial charge in [-0.15, -0.1) is 0 Å². The van der Waals surface area contributed by atoms with E-state index in [2.05, 4.69) is 12.2 Å². The number of para-hydroxylation sites is 1. The Morgan fingerprint density at radius 2 is 2.19 bits per heavy atom. The van der Waals surface area contributed by atoms with Crippen molar-refractivity contribution in [2.45, 2.75) is 19.8 Å². The topological polar surface area (TPSA) is 47.3 Å². The maximum Gasteiger partial charge on any atom is 0.0739 e. The van der Waals surface area contributed by atoms with Crippen LogP contribution in [0.25, 0.3) is 0 Å². The lowest BCUT2D eigenvalue weighted by atomic mass is 10.2. The molecule has 0 aliphatic carbocycles. The van der Waals surface area contributed by atoms with Gasteiger partial charge in [0.15, 0.2) is 0 Å². The molecule has 0 amide bonds. The van der Waals surface area contributed by atoms with Gasteiger partial charge < -0.3 is 15.8 Å². The summed E-state index contributed by atoms with van der Waals surface area (Å²) in [5.41, 5.74) is 7.27. The summed E-state index contributed by atoms with van der Waals surface area (Å²) in [6.45, 7) is 4.40. The number of ether oxygens (including phenoxy) is 1. The van der Waals surface area contributed by atoms with Crippen molar-refractivity contribution in [3.05, 3.63) is 23.2 Å². The molecule has 0 aliphatic rings. The van der Waals surface area contributed by atoms with E-state index in [0.717, 1.165) is 31.7 Å². The standard InChI is InChI=1S/C12H19ClN2O/c1-2-3-8-16-9-7-15-11-6-4-5-10(13)12(11)14/h4-6,15H,2-3,7-9,14H2,1H3. The van der Waals surface area contributed by atoms with Gasteiger partial charge in [0.25, 0.3) is 0 Å². The van der Waals surface area contributed by atoms with E-state index in [-0.39, 0.29) is 0 Å². The first-order valence-corrected chi connectivity index (χ1v) is 5.99. The van der Waals surface area contributed by atoms with E-state index in [9.17, 15) is 0 Å². The quantitative estimate of drug-likeness (QED) is 0.570. The summed E-state index contributed by atoms with van der Waals surface area (Å²) in [5, 5.41) is 3.78. The van der Waals surface area contributed by atoms with Crippen LogP contribution in [0.3, 0.4) is 0 Å². The van der Waals surface area contributed by atoms with Crippen LogP contribution in [0.1, 0.15) is 19.8 Å². The molecule has 0 aliphatic heterocycles. The van der Waals surface area contributed by atoms with E-state index in [1.807, 2.05) is 12.1 Å². The molecule has 0 spiro atoms. The molecule has 16 heavy (non-hydrogen) atoms. The Balaban J connectivity index is 2.24. The summed E-state index contributed by atoms with van der Waals surface area (Å²) in [7, 11) is 0. The van der Waals surface area contributed by atoms with Gasteiger partial charge >= 0.3 is 0 Å². The normalized spacial score (nSPS) is 10.4. The molecule has 1 aromatic rings. The van der Waals surface area contributed by atoms with Crippen LogP contribution >= 0.6 is 11.6 Å². The minimum Gasteiger partial charge on any atom is -0.396 e. The Morgan fingerprint density at radius 3 is 2.94 bits per heavy atom. The van der Waals surface area contributed by atoms with Crippen LogP contribution in [-0.2, 0) is 4.74 Å². The average Bonchev–Trinajstić information content (AvgIpc) is 2.29. The minimum atomic E-state index is 0.580. The van der Waals surface area contributed by atoms with Crippen molar-refractivity contribution < 1.29 is 4.74 Å². The van der Waals surface area contributed by atoms with E-state index < -0.39 is 0 Å². The number of nitrogens with one attached hydrogen (secondary N) is 1. The second-order valence-corrected chi connectivity index (χ2v) is 4.00. The van der Waals surface area contributed by atoms with Crippen molar-refractivity contribution in [3.63, 3.8) is 0 Å². The highest BCUT2D eigenvalue weighted by molar-refractivity contribution is 6.33. The zero-order chi connectivity index (χ0) is 11.8. The number of nitrogens with two attached hydrogens (primary N) is 1. The number of benzene rings is 1. The van der Waals surface area contributed by atoms with E-state index in [1.54, 1.807) is 6.07 Å². The van der Waals surface area contributed by atoms with Gasteiger partial charge in [-0.2, -0.15) is 0 Å². The number of unbranched alkanes of at least 4 members (excludes halogenated alkanes) is 1. The number of rotatable bonds is 7. The van der Waals surface area contributed by atoms with Crippen molar-refractivity contribution in [3.8, 4) is 0 Å². The summed E-state index contributed by atoms with van der Waals surface area (Å²) in [4.78, 5) is 0. The molecule has 0 fully saturated rings. The highest BCUT2D eigenvalue weighted by Crippen LogP contribution is 2.26. The third-order valence-electron chi connectivity index (χ3n) is 2.26. The van der Waals surface area contributed by atoms with E-state index in [0.29, 0.717) is 17.3 Å². The molecule has 0 unspecified atom stereocenters. The SMILES string of the molecule is CCCCOCCNc1cccc(Cl)c1N. The van der Waals surface area contributed by atoms with Crippen molar-refractivity contribution in [1.29, 1.82) is 0 Å². The third-order valence-corrected chi connectivity index (χ3v) is 2.59. The molecular weight excluding hydrogens is 224 g/mol. The molecule has 0 saturated carbocycles. The molecule has 0 saturated heterocycles. The van der Waals surface area contributed by atoms with Gasteiger partial charge in [-0.3, -0.25) is 0 Å². The third kappa shape index (κ3) is 4.29. The Bertz CT molecular complexity index is 318. The second-order valence-electron chi connectivity index (χ2n) is 3.59. The highest BCUT2D eigenvalue weighted by Gasteiger charge is 2.01. The minimum absolute atomic E-state index is 0.580. The first-order chi connectivity index (χ1) is 7.75. The van der Waals surface area contributed by atoms with E-state index >= 15 is 0 Å². The summed E-state index contributed by atoms with van der Waals surface area (Å²) in [5.74, 6) is 0. The van der Waals surface area contributed by atoms with Gasteiger partial charge in [0, 0.05) is 13.2 Å². The fourth-order valence-corrected chi connectivity index (χ4v) is 1.47. The first-order valence-electron chi connectivity index (χ1n) is 5.61. The predicted molar refractivity (Wildman–Crippen MR) is 70.1 cm³/mol. The number of halogens is 1. The van der Waals surface area contributed by atoms with Crippen LogP contribution in [0.5, 0.6) is 0 Å². The maximum absolute atomic E-state index is 5.90. The zero-order valence-electron chi connectivity index (χ0n) is 9.63. The lowest BCUT2D eigenvalue weighted by Gasteiger charge is -2.10. The molecule has 3 nitrogen and oxygen atoms in total. The summed E-state index contributed by atoms with van der Waals surface area (Å²) in [6.07, 6.45) is 2.27. The van der Waals surface area contributed by atoms with Crippen molar-refractivity contribution in [1.82, 2.24) is 0 Å². The molecule has 90 valence electrons. The van der Waals surface area contributed by atoms with Crippen molar-refractivity contribution in [2.24, 2.45) is 0 Å². The van der Waals surface area contributed by atoms with E-state index in [1.165, 1.54) is 0 Å². The van der Waals surface area contributed by atoms with Crippen molar-refractivity contribution in [2.75, 3.05) is 30.8 Å². The van der Waals surface area contributed by atoms with Gasteiger partial charge in [0.1, 0.15) is 0 Å². The molecule has 0 radical (unpaired) electrons. The Hall–Kier alpha value is -0.930. The largest absolute Gasteiger partial charge is 0.396 e. The molecule has 4 heteroatoms. The summed E-state index contributed by atoms with van der Waals surface area (Å²) < 4.78 is 5.43. The Kier molecular flexibility index (Phi) is 6.04. The van der Waals surface area contributed by atoms with Gasteiger partial charge in [-0.25, -0.2) is 0 Å². The molecule has 3 N–H and O–H groups in total. The van der Waals surface area contributed by atoms with Crippen LogP contribution in [0, 0.1) is 0 Å². The van der Waals surface area contributed by atoms with Gasteiger partial charge in [0.05, 0.1) is 23.0 Å². The monoisotopic (exact) mass is 242 g/mol. The molecular formula is C12H19ClN2O. The predicted octanol–water partition coefficient (Wildman–Crippen LogP) is 3.15. The van der Waals surface area contributed by atoms with Crippen LogP contribution in [0.4, 0.5) is 11.4 Å². The van der Waals surface area contributed by atoms with Crippen LogP contribution < -0.4 is 11.1 Å². The molecule has 1 aromatic carbocycles.